The Labute approximate surface area is 165 Å². The summed E-state index contributed by atoms with van der Waals surface area (Å²) in [6, 6.07) is 10.7. The fourth-order valence-corrected chi connectivity index (χ4v) is 2.83. The molecule has 2 rings (SSSR count). The molecule has 0 unspecified atom stereocenters. The number of hydrogen-bond acceptors (Lipinski definition) is 5. The summed E-state index contributed by atoms with van der Waals surface area (Å²) in [5.74, 6) is -0.546. The zero-order valence-corrected chi connectivity index (χ0v) is 17.0. The predicted molar refractivity (Wildman–Crippen MR) is 112 cm³/mol. The van der Waals surface area contributed by atoms with Gasteiger partial charge in [0.2, 0.25) is 0 Å². The Balaban J connectivity index is 2.10. The number of hydrogen-bond donors (Lipinski definition) is 2. The molecule has 0 fully saturated rings. The Hall–Kier alpha value is -3.22. The average molecular weight is 385 g/mol. The third kappa shape index (κ3) is 4.94. The van der Waals surface area contributed by atoms with Crippen LogP contribution in [0.25, 0.3) is 0 Å². The van der Waals surface area contributed by atoms with Gasteiger partial charge in [-0.3, -0.25) is 9.59 Å². The van der Waals surface area contributed by atoms with Crippen molar-refractivity contribution in [2.45, 2.75) is 20.8 Å². The molecule has 0 bridgehead atoms. The van der Waals surface area contributed by atoms with E-state index in [0.717, 1.165) is 24.3 Å². The van der Waals surface area contributed by atoms with Crippen LogP contribution in [0.2, 0.25) is 0 Å². The van der Waals surface area contributed by atoms with Crippen LogP contribution in [-0.4, -0.2) is 39.1 Å². The summed E-state index contributed by atoms with van der Waals surface area (Å²) < 4.78 is 10.4. The molecule has 0 aromatic heterocycles. The van der Waals surface area contributed by atoms with Crippen LogP contribution in [0.4, 0.5) is 17.1 Å². The molecule has 2 N–H and O–H groups in total. The topological polar surface area (TPSA) is 79.9 Å². The number of nitrogens with one attached hydrogen (secondary N) is 2. The largest absolute Gasteiger partial charge is 0.497 e. The van der Waals surface area contributed by atoms with E-state index in [1.165, 1.54) is 14.2 Å². The quantitative estimate of drug-likeness (QED) is 0.714. The third-order valence-corrected chi connectivity index (χ3v) is 4.45. The number of aryl methyl sites for hydroxylation is 1. The highest BCUT2D eigenvalue weighted by molar-refractivity contribution is 6.43. The zero-order chi connectivity index (χ0) is 20.7. The Morgan fingerprint density at radius 3 is 2.04 bits per heavy atom. The lowest BCUT2D eigenvalue weighted by Crippen LogP contribution is -2.29. The molecule has 2 aromatic carbocycles. The van der Waals surface area contributed by atoms with Crippen LogP contribution in [0.1, 0.15) is 19.4 Å². The van der Waals surface area contributed by atoms with E-state index < -0.39 is 11.8 Å². The molecule has 0 spiro atoms. The number of carbonyl (C=O) groups is 2. The van der Waals surface area contributed by atoms with Crippen LogP contribution in [0, 0.1) is 6.92 Å². The number of ether oxygens (including phenoxy) is 2. The first kappa shape index (κ1) is 21.1. The fourth-order valence-electron chi connectivity index (χ4n) is 2.83. The van der Waals surface area contributed by atoms with Crippen molar-refractivity contribution >= 4 is 28.9 Å². The fraction of sp³-hybridized carbons (Fsp3) is 0.333. The van der Waals surface area contributed by atoms with E-state index in [0.29, 0.717) is 22.9 Å². The standard InChI is InChI=1S/C21H27N3O4/c1-6-24(7-2)15-8-10-17(14(3)12-15)22-20(25)21(26)23-18-11-9-16(27-4)13-19(18)28-5/h8-13H,6-7H2,1-5H3,(H,22,25)(H,23,26). The average Bonchev–Trinajstić information content (AvgIpc) is 2.70. The van der Waals surface area contributed by atoms with Crippen molar-refractivity contribution < 1.29 is 19.1 Å². The monoisotopic (exact) mass is 385 g/mol. The molecule has 0 saturated heterocycles. The van der Waals surface area contributed by atoms with Gasteiger partial charge in [0.05, 0.1) is 19.9 Å². The number of methoxy groups -OCH3 is 2. The maximum atomic E-state index is 12.3. The van der Waals surface area contributed by atoms with Gasteiger partial charge in [-0.05, 0) is 56.7 Å². The van der Waals surface area contributed by atoms with Crippen LogP contribution in [0.5, 0.6) is 11.5 Å². The van der Waals surface area contributed by atoms with Gasteiger partial charge in [-0.25, -0.2) is 0 Å². The van der Waals surface area contributed by atoms with Crippen molar-refractivity contribution in [1.29, 1.82) is 0 Å². The van der Waals surface area contributed by atoms with Crippen LogP contribution in [-0.2, 0) is 9.59 Å². The van der Waals surface area contributed by atoms with Crippen molar-refractivity contribution in [1.82, 2.24) is 0 Å². The first-order valence-electron chi connectivity index (χ1n) is 9.13. The predicted octanol–water partition coefficient (Wildman–Crippen LogP) is 3.44. The van der Waals surface area contributed by atoms with Crippen molar-refractivity contribution in [3.8, 4) is 11.5 Å². The molecule has 2 aromatic rings. The minimum atomic E-state index is -0.782. The highest BCUT2D eigenvalue weighted by Crippen LogP contribution is 2.29. The molecule has 150 valence electrons. The van der Waals surface area contributed by atoms with Gasteiger partial charge in [0, 0.05) is 30.5 Å². The number of rotatable bonds is 7. The smallest absolute Gasteiger partial charge is 0.314 e. The molecular formula is C21H27N3O4. The van der Waals surface area contributed by atoms with Gasteiger partial charge < -0.3 is 25.0 Å². The lowest BCUT2D eigenvalue weighted by molar-refractivity contribution is -0.133. The van der Waals surface area contributed by atoms with E-state index in [-0.39, 0.29) is 0 Å². The van der Waals surface area contributed by atoms with Crippen molar-refractivity contribution in [2.24, 2.45) is 0 Å². The minimum absolute atomic E-state index is 0.386. The second-order valence-electron chi connectivity index (χ2n) is 6.15. The van der Waals surface area contributed by atoms with Gasteiger partial charge in [-0.2, -0.15) is 0 Å². The molecule has 0 radical (unpaired) electrons. The SMILES string of the molecule is CCN(CC)c1ccc(NC(=O)C(=O)Nc2ccc(OC)cc2OC)c(C)c1. The second-order valence-corrected chi connectivity index (χ2v) is 6.15. The lowest BCUT2D eigenvalue weighted by atomic mass is 10.1. The lowest BCUT2D eigenvalue weighted by Gasteiger charge is -2.22. The van der Waals surface area contributed by atoms with E-state index in [1.54, 1.807) is 18.2 Å². The Kier molecular flexibility index (Phi) is 7.26. The van der Waals surface area contributed by atoms with Gasteiger partial charge in [-0.1, -0.05) is 0 Å². The molecule has 0 saturated carbocycles. The molecule has 0 aliphatic rings. The van der Waals surface area contributed by atoms with Crippen LogP contribution in [0.15, 0.2) is 36.4 Å². The molecule has 7 heteroatoms. The van der Waals surface area contributed by atoms with E-state index in [2.05, 4.69) is 29.4 Å². The van der Waals surface area contributed by atoms with E-state index in [9.17, 15) is 9.59 Å². The molecule has 0 aliphatic carbocycles. The summed E-state index contributed by atoms with van der Waals surface area (Å²) in [6.45, 7) is 7.87. The summed E-state index contributed by atoms with van der Waals surface area (Å²) in [4.78, 5) is 26.8. The third-order valence-electron chi connectivity index (χ3n) is 4.45. The maximum absolute atomic E-state index is 12.3. The van der Waals surface area contributed by atoms with Gasteiger partial charge in [0.1, 0.15) is 11.5 Å². The number of benzene rings is 2. The highest BCUT2D eigenvalue weighted by atomic mass is 16.5. The Bertz CT molecular complexity index is 848. The van der Waals surface area contributed by atoms with Crippen LogP contribution >= 0.6 is 0 Å². The van der Waals surface area contributed by atoms with Gasteiger partial charge >= 0.3 is 11.8 Å². The molecule has 0 atom stereocenters. The summed E-state index contributed by atoms with van der Waals surface area (Å²) in [5.41, 5.74) is 2.94. The van der Waals surface area contributed by atoms with Gasteiger partial charge in [-0.15, -0.1) is 0 Å². The molecule has 0 heterocycles. The first-order valence-corrected chi connectivity index (χ1v) is 9.13. The van der Waals surface area contributed by atoms with E-state index >= 15 is 0 Å². The number of carbonyl (C=O) groups excluding carboxylic acids is 2. The summed E-state index contributed by atoms with van der Waals surface area (Å²) in [5, 5.41) is 5.22. The summed E-state index contributed by atoms with van der Waals surface area (Å²) >= 11 is 0. The van der Waals surface area contributed by atoms with Gasteiger partial charge in [0.25, 0.3) is 0 Å². The van der Waals surface area contributed by atoms with Crippen molar-refractivity contribution in [3.63, 3.8) is 0 Å². The summed E-state index contributed by atoms with van der Waals surface area (Å²) in [6.07, 6.45) is 0. The number of amides is 2. The Morgan fingerprint density at radius 1 is 0.893 bits per heavy atom. The van der Waals surface area contributed by atoms with Crippen LogP contribution < -0.4 is 25.0 Å². The zero-order valence-electron chi connectivity index (χ0n) is 17.0. The van der Waals surface area contributed by atoms with E-state index in [4.69, 9.17) is 9.47 Å². The second kappa shape index (κ2) is 9.64. The number of nitrogens with zero attached hydrogens (tertiary/aromatic N) is 1. The summed E-state index contributed by atoms with van der Waals surface area (Å²) in [7, 11) is 3.01. The first-order chi connectivity index (χ1) is 13.4. The maximum Gasteiger partial charge on any atom is 0.314 e. The van der Waals surface area contributed by atoms with Gasteiger partial charge in [0.15, 0.2) is 0 Å². The highest BCUT2D eigenvalue weighted by Gasteiger charge is 2.17. The normalized spacial score (nSPS) is 10.2. The Morgan fingerprint density at radius 2 is 1.50 bits per heavy atom. The molecule has 0 aliphatic heterocycles. The van der Waals surface area contributed by atoms with Crippen molar-refractivity contribution in [3.05, 3.63) is 42.0 Å². The minimum Gasteiger partial charge on any atom is -0.497 e. The van der Waals surface area contributed by atoms with Crippen molar-refractivity contribution in [2.75, 3.05) is 42.8 Å². The molecule has 28 heavy (non-hydrogen) atoms. The molecule has 7 nitrogen and oxygen atoms in total. The molecule has 2 amide bonds. The van der Waals surface area contributed by atoms with Crippen LogP contribution in [0.3, 0.4) is 0 Å². The number of anilines is 3. The molecular weight excluding hydrogens is 358 g/mol. The van der Waals surface area contributed by atoms with E-state index in [1.807, 2.05) is 25.1 Å².